The first-order valence-corrected chi connectivity index (χ1v) is 12.8. The van der Waals surface area contributed by atoms with Gasteiger partial charge in [0.2, 0.25) is 0 Å². The van der Waals surface area contributed by atoms with Crippen LogP contribution in [-0.2, 0) is 10.3 Å². The van der Waals surface area contributed by atoms with Gasteiger partial charge in [0.1, 0.15) is 5.01 Å². The van der Waals surface area contributed by atoms with Crippen LogP contribution in [0, 0.1) is 0 Å². The van der Waals surface area contributed by atoms with E-state index in [0.29, 0.717) is 0 Å². The number of para-hydroxylation sites is 1. The summed E-state index contributed by atoms with van der Waals surface area (Å²) in [6.45, 7) is 1.06. The lowest BCUT2D eigenvalue weighted by Crippen LogP contribution is -2.47. The first-order valence-electron chi connectivity index (χ1n) is 12.0. The minimum absolute atomic E-state index is 0.0881. The van der Waals surface area contributed by atoms with Crippen molar-refractivity contribution in [3.05, 3.63) is 101 Å². The molecule has 6 rings (SSSR count). The number of nitrogens with zero attached hydrogens (tertiary/aromatic N) is 3. The lowest BCUT2D eigenvalue weighted by Gasteiger charge is -2.36. The van der Waals surface area contributed by atoms with Gasteiger partial charge in [-0.05, 0) is 36.1 Å². The highest BCUT2D eigenvalue weighted by Crippen LogP contribution is 2.39. The van der Waals surface area contributed by atoms with Gasteiger partial charge < -0.3 is 5.32 Å². The van der Waals surface area contributed by atoms with Gasteiger partial charge in [0.15, 0.2) is 5.54 Å². The molecule has 1 atom stereocenters. The van der Waals surface area contributed by atoms with E-state index in [1.165, 1.54) is 4.90 Å². The molecule has 176 valence electrons. The Balaban J connectivity index is 1.34. The maximum Gasteiger partial charge on any atom is 0.326 e. The summed E-state index contributed by atoms with van der Waals surface area (Å²) in [5, 5.41) is 4.11. The number of amides is 3. The van der Waals surface area contributed by atoms with Crippen molar-refractivity contribution in [2.45, 2.75) is 30.8 Å². The molecule has 2 fully saturated rings. The zero-order valence-electron chi connectivity index (χ0n) is 19.3. The van der Waals surface area contributed by atoms with E-state index in [-0.39, 0.29) is 24.6 Å². The van der Waals surface area contributed by atoms with Crippen molar-refractivity contribution in [3.8, 4) is 0 Å². The van der Waals surface area contributed by atoms with Crippen molar-refractivity contribution in [2.75, 3.05) is 13.2 Å². The fourth-order valence-corrected chi connectivity index (χ4v) is 6.43. The summed E-state index contributed by atoms with van der Waals surface area (Å²) in [7, 11) is 0. The Morgan fingerprint density at radius 2 is 1.54 bits per heavy atom. The van der Waals surface area contributed by atoms with Gasteiger partial charge in [0, 0.05) is 6.54 Å². The van der Waals surface area contributed by atoms with Crippen LogP contribution in [0.5, 0.6) is 0 Å². The van der Waals surface area contributed by atoms with E-state index in [1.807, 2.05) is 78.9 Å². The van der Waals surface area contributed by atoms with Gasteiger partial charge in [0.05, 0.1) is 22.9 Å². The minimum atomic E-state index is -1.24. The molecular formula is C28H26N4O2S. The number of piperidine rings is 1. The molecule has 4 aromatic rings. The summed E-state index contributed by atoms with van der Waals surface area (Å²) in [6.07, 6.45) is 3.11. The molecule has 0 spiro atoms. The minimum Gasteiger partial charge on any atom is -0.315 e. The van der Waals surface area contributed by atoms with Crippen LogP contribution in [0.25, 0.3) is 10.2 Å². The summed E-state index contributed by atoms with van der Waals surface area (Å²) in [6, 6.07) is 26.9. The molecule has 0 aliphatic carbocycles. The third-order valence-electron chi connectivity index (χ3n) is 7.05. The number of hydrogen-bond donors (Lipinski definition) is 1. The third-order valence-corrected chi connectivity index (χ3v) is 8.19. The van der Waals surface area contributed by atoms with Crippen molar-refractivity contribution in [1.29, 1.82) is 0 Å². The van der Waals surface area contributed by atoms with Crippen LogP contribution in [-0.4, -0.2) is 39.9 Å². The van der Waals surface area contributed by atoms with E-state index < -0.39 is 5.54 Å². The van der Waals surface area contributed by atoms with Crippen LogP contribution in [0.2, 0.25) is 0 Å². The fraction of sp³-hybridized carbons (Fsp3) is 0.250. The van der Waals surface area contributed by atoms with E-state index in [2.05, 4.69) is 16.3 Å². The number of nitrogens with one attached hydrogen (secondary N) is 1. The Bertz CT molecular complexity index is 1300. The normalized spacial score (nSPS) is 20.3. The van der Waals surface area contributed by atoms with E-state index in [4.69, 9.17) is 4.98 Å². The molecule has 2 aliphatic rings. The summed E-state index contributed by atoms with van der Waals surface area (Å²) < 4.78 is 1.16. The van der Waals surface area contributed by atoms with Crippen LogP contribution in [0.1, 0.15) is 41.4 Å². The van der Waals surface area contributed by atoms with E-state index in [1.54, 1.807) is 11.3 Å². The Hall–Kier alpha value is -3.55. The standard InChI is InChI=1S/C28H26N4O2S/c33-26-28(20-11-3-1-4-12-20,21-13-5-2-6-14-21)30-27(34)32(26)19-31-18-10-9-16-23(31)25-29-22-15-7-8-17-24(22)35-25/h1-8,11-15,17,23H,9-10,16,18-19H2,(H,30,34)/t23-/m0/s1. The average Bonchev–Trinajstić information content (AvgIpc) is 3.45. The molecule has 0 bridgehead atoms. The van der Waals surface area contributed by atoms with E-state index in [9.17, 15) is 9.59 Å². The summed E-state index contributed by atoms with van der Waals surface area (Å²) in [5.74, 6) is -0.242. The monoisotopic (exact) mass is 482 g/mol. The van der Waals surface area contributed by atoms with Crippen LogP contribution >= 0.6 is 11.3 Å². The molecule has 0 saturated carbocycles. The van der Waals surface area contributed by atoms with Crippen LogP contribution in [0.4, 0.5) is 4.79 Å². The maximum absolute atomic E-state index is 14.1. The number of imide groups is 1. The number of aromatic nitrogens is 1. The molecule has 3 heterocycles. The molecule has 2 aliphatic heterocycles. The van der Waals surface area contributed by atoms with Gasteiger partial charge in [-0.25, -0.2) is 14.7 Å². The van der Waals surface area contributed by atoms with E-state index >= 15 is 0 Å². The highest BCUT2D eigenvalue weighted by atomic mass is 32.1. The number of hydrogen-bond acceptors (Lipinski definition) is 5. The molecule has 2 saturated heterocycles. The lowest BCUT2D eigenvalue weighted by atomic mass is 9.83. The molecule has 7 heteroatoms. The number of benzene rings is 3. The second kappa shape index (κ2) is 8.91. The number of likely N-dealkylation sites (tertiary alicyclic amines) is 1. The van der Waals surface area contributed by atoms with Crippen LogP contribution in [0.3, 0.4) is 0 Å². The Kier molecular flexibility index (Phi) is 5.59. The number of thiazole rings is 1. The number of urea groups is 1. The number of carbonyl (C=O) groups is 2. The van der Waals surface area contributed by atoms with Gasteiger partial charge in [-0.15, -0.1) is 11.3 Å². The molecule has 0 radical (unpaired) electrons. The van der Waals surface area contributed by atoms with Gasteiger partial charge >= 0.3 is 6.03 Å². The first kappa shape index (κ1) is 21.9. The zero-order valence-corrected chi connectivity index (χ0v) is 20.1. The molecule has 0 unspecified atom stereocenters. The average molecular weight is 483 g/mol. The zero-order chi connectivity index (χ0) is 23.8. The number of rotatable bonds is 5. The predicted octanol–water partition coefficient (Wildman–Crippen LogP) is 5.28. The van der Waals surface area contributed by atoms with Gasteiger partial charge in [-0.1, -0.05) is 79.2 Å². The van der Waals surface area contributed by atoms with Crippen molar-refractivity contribution in [1.82, 2.24) is 20.1 Å². The number of fused-ring (bicyclic) bond motifs is 1. The Morgan fingerprint density at radius 3 is 2.23 bits per heavy atom. The predicted molar refractivity (Wildman–Crippen MR) is 137 cm³/mol. The van der Waals surface area contributed by atoms with Crippen molar-refractivity contribution < 1.29 is 9.59 Å². The van der Waals surface area contributed by atoms with Crippen molar-refractivity contribution in [3.63, 3.8) is 0 Å². The Labute approximate surface area is 208 Å². The smallest absolute Gasteiger partial charge is 0.315 e. The van der Waals surface area contributed by atoms with Crippen molar-refractivity contribution >= 4 is 33.5 Å². The van der Waals surface area contributed by atoms with Crippen molar-refractivity contribution in [2.24, 2.45) is 0 Å². The quantitative estimate of drug-likeness (QED) is 0.393. The maximum atomic E-state index is 14.1. The second-order valence-electron chi connectivity index (χ2n) is 9.13. The SMILES string of the molecule is O=C1NC(c2ccccc2)(c2ccccc2)C(=O)N1CN1CCCC[C@H]1c1nc2ccccc2s1. The summed E-state index contributed by atoms with van der Waals surface area (Å²) >= 11 is 1.70. The first-order chi connectivity index (χ1) is 17.2. The third kappa shape index (κ3) is 3.72. The van der Waals surface area contributed by atoms with Crippen LogP contribution in [0.15, 0.2) is 84.9 Å². The molecule has 6 nitrogen and oxygen atoms in total. The van der Waals surface area contributed by atoms with Crippen LogP contribution < -0.4 is 5.32 Å². The molecule has 1 N–H and O–H groups in total. The highest BCUT2D eigenvalue weighted by Gasteiger charge is 2.54. The summed E-state index contributed by atoms with van der Waals surface area (Å²) in [5.41, 5.74) is 1.28. The number of carbonyl (C=O) groups excluding carboxylic acids is 2. The van der Waals surface area contributed by atoms with Gasteiger partial charge in [-0.2, -0.15) is 0 Å². The fourth-order valence-electron chi connectivity index (χ4n) is 5.29. The van der Waals surface area contributed by atoms with E-state index in [0.717, 1.165) is 52.2 Å². The molecule has 1 aromatic heterocycles. The highest BCUT2D eigenvalue weighted by molar-refractivity contribution is 7.18. The Morgan fingerprint density at radius 1 is 0.886 bits per heavy atom. The topological polar surface area (TPSA) is 65.5 Å². The molecule has 3 aromatic carbocycles. The lowest BCUT2D eigenvalue weighted by molar-refractivity contribution is -0.132. The summed E-state index contributed by atoms with van der Waals surface area (Å²) in [4.78, 5) is 36.0. The molecular weight excluding hydrogens is 456 g/mol. The molecule has 35 heavy (non-hydrogen) atoms. The van der Waals surface area contributed by atoms with Gasteiger partial charge in [0.25, 0.3) is 5.91 Å². The molecule has 3 amide bonds. The largest absolute Gasteiger partial charge is 0.326 e. The second-order valence-corrected chi connectivity index (χ2v) is 10.2. The van der Waals surface area contributed by atoms with Gasteiger partial charge in [-0.3, -0.25) is 9.69 Å².